The van der Waals surface area contributed by atoms with E-state index in [4.69, 9.17) is 9.47 Å². The van der Waals surface area contributed by atoms with Crippen LogP contribution in [0.1, 0.15) is 40.5 Å². The van der Waals surface area contributed by atoms with Crippen LogP contribution in [-0.2, 0) is 14.3 Å². The molecule has 0 bridgehead atoms. The zero-order valence-corrected chi connectivity index (χ0v) is 15.1. The number of nitrogens with zero attached hydrogens (tertiary/aromatic N) is 2. The first-order valence-electron chi connectivity index (χ1n) is 8.50. The van der Waals surface area contributed by atoms with Gasteiger partial charge in [0.2, 0.25) is 0 Å². The molecule has 0 radical (unpaired) electrons. The molecule has 2 saturated heterocycles. The summed E-state index contributed by atoms with van der Waals surface area (Å²) in [6.07, 6.45) is 1.38. The van der Waals surface area contributed by atoms with E-state index in [1.54, 1.807) is 4.90 Å². The molecule has 1 spiro atoms. The van der Waals surface area contributed by atoms with Gasteiger partial charge < -0.3 is 19.3 Å². The van der Waals surface area contributed by atoms with Crippen molar-refractivity contribution in [2.45, 2.75) is 46.1 Å². The SMILES string of the molecule is CCOC(=O)C1CN(C)CC12CCN(C(=O)OC(C)(C)C)CC2. The van der Waals surface area contributed by atoms with Crippen molar-refractivity contribution in [2.75, 3.05) is 39.8 Å². The molecule has 0 N–H and O–H groups in total. The van der Waals surface area contributed by atoms with E-state index in [-0.39, 0.29) is 23.4 Å². The monoisotopic (exact) mass is 326 g/mol. The first kappa shape index (κ1) is 18.0. The van der Waals surface area contributed by atoms with Crippen LogP contribution in [0.2, 0.25) is 0 Å². The van der Waals surface area contributed by atoms with Crippen molar-refractivity contribution in [3.63, 3.8) is 0 Å². The lowest BCUT2D eigenvalue weighted by Crippen LogP contribution is -2.49. The number of amides is 1. The van der Waals surface area contributed by atoms with Crippen LogP contribution in [-0.4, -0.2) is 67.3 Å². The first-order valence-corrected chi connectivity index (χ1v) is 8.50. The lowest BCUT2D eigenvalue weighted by Gasteiger charge is -2.41. The first-order chi connectivity index (χ1) is 10.7. The molecule has 0 aromatic heterocycles. The second kappa shape index (κ2) is 6.67. The number of piperidine rings is 1. The van der Waals surface area contributed by atoms with Crippen LogP contribution < -0.4 is 0 Å². The Morgan fingerprint density at radius 2 is 1.83 bits per heavy atom. The van der Waals surface area contributed by atoms with Gasteiger partial charge in [-0.2, -0.15) is 0 Å². The third-order valence-electron chi connectivity index (χ3n) is 4.80. The van der Waals surface area contributed by atoms with Gasteiger partial charge in [-0.15, -0.1) is 0 Å². The molecule has 6 heteroatoms. The van der Waals surface area contributed by atoms with Crippen LogP contribution in [0.25, 0.3) is 0 Å². The Morgan fingerprint density at radius 1 is 1.22 bits per heavy atom. The Hall–Kier alpha value is -1.30. The molecule has 23 heavy (non-hydrogen) atoms. The summed E-state index contributed by atoms with van der Waals surface area (Å²) in [6.45, 7) is 10.8. The standard InChI is InChI=1S/C17H30N2O4/c1-6-22-14(20)13-11-18(5)12-17(13)7-9-19(10-8-17)15(21)23-16(2,3)4/h13H,6-12H2,1-5H3. The minimum absolute atomic E-state index is 0.0699. The molecule has 0 aromatic rings. The molecule has 2 heterocycles. The molecule has 6 nitrogen and oxygen atoms in total. The van der Waals surface area contributed by atoms with E-state index in [9.17, 15) is 9.59 Å². The molecule has 0 aromatic carbocycles. The zero-order chi connectivity index (χ0) is 17.3. The molecule has 0 saturated carbocycles. The summed E-state index contributed by atoms with van der Waals surface area (Å²) in [7, 11) is 2.04. The van der Waals surface area contributed by atoms with Gasteiger partial charge in [-0.25, -0.2) is 4.79 Å². The van der Waals surface area contributed by atoms with Crippen molar-refractivity contribution >= 4 is 12.1 Å². The van der Waals surface area contributed by atoms with Crippen LogP contribution in [0.15, 0.2) is 0 Å². The fraction of sp³-hybridized carbons (Fsp3) is 0.882. The van der Waals surface area contributed by atoms with Crippen molar-refractivity contribution < 1.29 is 19.1 Å². The van der Waals surface area contributed by atoms with Gasteiger partial charge in [0.05, 0.1) is 12.5 Å². The number of rotatable bonds is 2. The van der Waals surface area contributed by atoms with Crippen molar-refractivity contribution in [2.24, 2.45) is 11.3 Å². The Balaban J connectivity index is 2.00. The Kier molecular flexibility index (Phi) is 5.23. The predicted octanol–water partition coefficient (Wildman–Crippen LogP) is 2.13. The van der Waals surface area contributed by atoms with Crippen molar-refractivity contribution in [1.29, 1.82) is 0 Å². The van der Waals surface area contributed by atoms with Crippen LogP contribution in [0.3, 0.4) is 0 Å². The van der Waals surface area contributed by atoms with E-state index in [0.717, 1.165) is 25.9 Å². The molecule has 0 aliphatic carbocycles. The van der Waals surface area contributed by atoms with Crippen LogP contribution >= 0.6 is 0 Å². The molecule has 2 rings (SSSR count). The normalized spacial score (nSPS) is 24.7. The summed E-state index contributed by atoms with van der Waals surface area (Å²) in [5.41, 5.74) is -0.549. The predicted molar refractivity (Wildman–Crippen MR) is 87.1 cm³/mol. The van der Waals surface area contributed by atoms with E-state index < -0.39 is 5.60 Å². The molecule has 2 aliphatic rings. The van der Waals surface area contributed by atoms with Gasteiger partial charge in [0.25, 0.3) is 0 Å². The highest BCUT2D eigenvalue weighted by Crippen LogP contribution is 2.45. The average Bonchev–Trinajstić information content (AvgIpc) is 2.74. The molecule has 1 amide bonds. The van der Waals surface area contributed by atoms with Crippen molar-refractivity contribution in [3.8, 4) is 0 Å². The van der Waals surface area contributed by atoms with E-state index in [1.165, 1.54) is 0 Å². The van der Waals surface area contributed by atoms with Gasteiger partial charge in [-0.05, 0) is 47.6 Å². The topological polar surface area (TPSA) is 59.1 Å². The lowest BCUT2D eigenvalue weighted by atomic mass is 9.71. The average molecular weight is 326 g/mol. The summed E-state index contributed by atoms with van der Waals surface area (Å²) in [6, 6.07) is 0. The Morgan fingerprint density at radius 3 is 2.35 bits per heavy atom. The number of carbonyl (C=O) groups is 2. The lowest BCUT2D eigenvalue weighted by molar-refractivity contribution is -0.152. The zero-order valence-electron chi connectivity index (χ0n) is 15.1. The molecule has 1 atom stereocenters. The van der Waals surface area contributed by atoms with Gasteiger partial charge in [-0.1, -0.05) is 0 Å². The van der Waals surface area contributed by atoms with Gasteiger partial charge in [0.1, 0.15) is 5.60 Å². The number of hydrogen-bond acceptors (Lipinski definition) is 5. The quantitative estimate of drug-likeness (QED) is 0.728. The van der Waals surface area contributed by atoms with Gasteiger partial charge in [0.15, 0.2) is 0 Å². The second-order valence-electron chi connectivity index (χ2n) is 7.83. The number of esters is 1. The second-order valence-corrected chi connectivity index (χ2v) is 7.83. The molecular weight excluding hydrogens is 296 g/mol. The highest BCUT2D eigenvalue weighted by atomic mass is 16.6. The Bertz CT molecular complexity index is 450. The molecular formula is C17H30N2O4. The van der Waals surface area contributed by atoms with Gasteiger partial charge in [-0.3, -0.25) is 4.79 Å². The highest BCUT2D eigenvalue weighted by molar-refractivity contribution is 5.74. The maximum absolute atomic E-state index is 12.3. The highest BCUT2D eigenvalue weighted by Gasteiger charge is 2.51. The van der Waals surface area contributed by atoms with Crippen molar-refractivity contribution in [1.82, 2.24) is 9.80 Å². The molecule has 1 unspecified atom stereocenters. The summed E-state index contributed by atoms with van der Waals surface area (Å²) in [5.74, 6) is -0.184. The van der Waals surface area contributed by atoms with Gasteiger partial charge >= 0.3 is 12.1 Å². The van der Waals surface area contributed by atoms with Gasteiger partial charge in [0, 0.05) is 31.6 Å². The maximum atomic E-state index is 12.3. The number of ether oxygens (including phenoxy) is 2. The van der Waals surface area contributed by atoms with E-state index in [1.807, 2.05) is 34.7 Å². The number of carbonyl (C=O) groups excluding carboxylic acids is 2. The Labute approximate surface area is 139 Å². The minimum Gasteiger partial charge on any atom is -0.466 e. The van der Waals surface area contributed by atoms with Crippen LogP contribution in [0.5, 0.6) is 0 Å². The number of hydrogen-bond donors (Lipinski definition) is 0. The molecule has 2 aliphatic heterocycles. The van der Waals surface area contributed by atoms with Crippen molar-refractivity contribution in [3.05, 3.63) is 0 Å². The minimum atomic E-state index is -0.479. The molecule has 132 valence electrons. The smallest absolute Gasteiger partial charge is 0.410 e. The third-order valence-corrected chi connectivity index (χ3v) is 4.80. The summed E-state index contributed by atoms with van der Waals surface area (Å²) >= 11 is 0. The van der Waals surface area contributed by atoms with Crippen LogP contribution in [0.4, 0.5) is 4.79 Å². The molecule has 2 fully saturated rings. The van der Waals surface area contributed by atoms with Crippen LogP contribution in [0, 0.1) is 11.3 Å². The van der Waals surface area contributed by atoms with E-state index in [0.29, 0.717) is 19.7 Å². The van der Waals surface area contributed by atoms with E-state index >= 15 is 0 Å². The number of likely N-dealkylation sites (tertiary alicyclic amines) is 2. The third kappa shape index (κ3) is 4.16. The summed E-state index contributed by atoms with van der Waals surface area (Å²) < 4.78 is 10.7. The van der Waals surface area contributed by atoms with E-state index in [2.05, 4.69) is 4.90 Å². The fourth-order valence-corrected chi connectivity index (χ4v) is 3.75. The maximum Gasteiger partial charge on any atom is 0.410 e. The summed E-state index contributed by atoms with van der Waals surface area (Å²) in [4.78, 5) is 28.5. The fourth-order valence-electron chi connectivity index (χ4n) is 3.75. The largest absolute Gasteiger partial charge is 0.466 e. The summed E-state index contributed by atoms with van der Waals surface area (Å²) in [5, 5.41) is 0.